The zero-order valence-electron chi connectivity index (χ0n) is 15.6. The Hall–Kier alpha value is -1.90. The van der Waals surface area contributed by atoms with Gasteiger partial charge in [-0.25, -0.2) is 8.42 Å². The molecule has 0 radical (unpaired) electrons. The number of hydrogen-bond acceptors (Lipinski definition) is 4. The standard InChI is InChI=1S/C20H23BrN2O4S/c1-16(27-19-9-7-18(21)8-10-19)20(24)22-11-13-23(14-12-22)28(25,26)15-17-5-3-2-4-6-17/h2-10,16H,11-15H2,1H3/t16-/m1/s1. The van der Waals surface area contributed by atoms with Gasteiger partial charge in [-0.3, -0.25) is 4.79 Å². The van der Waals surface area contributed by atoms with E-state index in [9.17, 15) is 13.2 Å². The molecule has 0 bridgehead atoms. The summed E-state index contributed by atoms with van der Waals surface area (Å²) in [5.74, 6) is 0.460. The Morgan fingerprint density at radius 3 is 2.25 bits per heavy atom. The summed E-state index contributed by atoms with van der Waals surface area (Å²) in [5.41, 5.74) is 0.762. The fourth-order valence-electron chi connectivity index (χ4n) is 3.09. The number of carbonyl (C=O) groups is 1. The summed E-state index contributed by atoms with van der Waals surface area (Å²) in [4.78, 5) is 14.3. The lowest BCUT2D eigenvalue weighted by molar-refractivity contribution is -0.139. The lowest BCUT2D eigenvalue weighted by Crippen LogP contribution is -2.53. The molecule has 0 spiro atoms. The Balaban J connectivity index is 1.54. The van der Waals surface area contributed by atoms with Crippen molar-refractivity contribution in [2.75, 3.05) is 26.2 Å². The van der Waals surface area contributed by atoms with Crippen LogP contribution in [-0.2, 0) is 20.6 Å². The van der Waals surface area contributed by atoms with Gasteiger partial charge in [-0.15, -0.1) is 0 Å². The second kappa shape index (κ2) is 9.07. The molecule has 6 nitrogen and oxygen atoms in total. The Labute approximate surface area is 174 Å². The van der Waals surface area contributed by atoms with Crippen molar-refractivity contribution in [3.8, 4) is 5.75 Å². The number of nitrogens with zero attached hydrogens (tertiary/aromatic N) is 2. The zero-order chi connectivity index (χ0) is 20.1. The molecule has 1 saturated heterocycles. The molecule has 1 heterocycles. The molecule has 3 rings (SSSR count). The molecule has 0 N–H and O–H groups in total. The normalized spacial score (nSPS) is 16.6. The molecule has 1 atom stereocenters. The molecule has 1 aliphatic rings. The van der Waals surface area contributed by atoms with Crippen LogP contribution < -0.4 is 4.74 Å². The highest BCUT2D eigenvalue weighted by Crippen LogP contribution is 2.19. The van der Waals surface area contributed by atoms with Crippen LogP contribution >= 0.6 is 15.9 Å². The van der Waals surface area contributed by atoms with Gasteiger partial charge >= 0.3 is 0 Å². The Morgan fingerprint density at radius 2 is 1.64 bits per heavy atom. The zero-order valence-corrected chi connectivity index (χ0v) is 18.0. The van der Waals surface area contributed by atoms with Crippen molar-refractivity contribution in [3.05, 3.63) is 64.6 Å². The van der Waals surface area contributed by atoms with Crippen molar-refractivity contribution in [1.82, 2.24) is 9.21 Å². The predicted molar refractivity (Wildman–Crippen MR) is 111 cm³/mol. The van der Waals surface area contributed by atoms with E-state index < -0.39 is 16.1 Å². The predicted octanol–water partition coefficient (Wildman–Crippen LogP) is 2.89. The summed E-state index contributed by atoms with van der Waals surface area (Å²) in [6.07, 6.45) is -0.631. The maximum Gasteiger partial charge on any atom is 0.263 e. The van der Waals surface area contributed by atoms with Crippen LogP contribution in [-0.4, -0.2) is 55.8 Å². The van der Waals surface area contributed by atoms with E-state index in [0.717, 1.165) is 10.0 Å². The molecule has 1 amide bonds. The average molecular weight is 467 g/mol. The summed E-state index contributed by atoms with van der Waals surface area (Å²) < 4.78 is 33.4. The topological polar surface area (TPSA) is 66.9 Å². The molecule has 1 fully saturated rings. The molecule has 0 unspecified atom stereocenters. The van der Waals surface area contributed by atoms with E-state index in [4.69, 9.17) is 4.74 Å². The first-order valence-electron chi connectivity index (χ1n) is 9.08. The molecular weight excluding hydrogens is 444 g/mol. The lowest BCUT2D eigenvalue weighted by atomic mass is 10.2. The SMILES string of the molecule is C[C@@H](Oc1ccc(Br)cc1)C(=O)N1CCN(S(=O)(=O)Cc2ccccc2)CC1. The van der Waals surface area contributed by atoms with Crippen molar-refractivity contribution in [2.45, 2.75) is 18.8 Å². The van der Waals surface area contributed by atoms with Gasteiger partial charge in [0.05, 0.1) is 5.75 Å². The maximum absolute atomic E-state index is 12.6. The number of ether oxygens (including phenoxy) is 1. The van der Waals surface area contributed by atoms with Gasteiger partial charge in [0, 0.05) is 30.7 Å². The molecule has 150 valence electrons. The molecule has 0 saturated carbocycles. The van der Waals surface area contributed by atoms with Crippen molar-refractivity contribution in [3.63, 3.8) is 0 Å². The molecule has 0 aliphatic carbocycles. The highest BCUT2D eigenvalue weighted by atomic mass is 79.9. The number of sulfonamides is 1. The second-order valence-corrected chi connectivity index (χ2v) is 9.56. The Bertz CT molecular complexity index is 896. The third-order valence-electron chi connectivity index (χ3n) is 4.61. The van der Waals surface area contributed by atoms with Crippen molar-refractivity contribution in [1.29, 1.82) is 0 Å². The van der Waals surface area contributed by atoms with Gasteiger partial charge in [-0.05, 0) is 36.8 Å². The largest absolute Gasteiger partial charge is 0.481 e. The molecule has 1 aliphatic heterocycles. The second-order valence-electron chi connectivity index (χ2n) is 6.68. The number of hydrogen-bond donors (Lipinski definition) is 0. The van der Waals surface area contributed by atoms with Crippen molar-refractivity contribution in [2.24, 2.45) is 0 Å². The van der Waals surface area contributed by atoms with E-state index in [1.54, 1.807) is 36.1 Å². The fraction of sp³-hybridized carbons (Fsp3) is 0.350. The minimum absolute atomic E-state index is 0.0229. The lowest BCUT2D eigenvalue weighted by Gasteiger charge is -2.35. The van der Waals surface area contributed by atoms with Gasteiger partial charge in [0.15, 0.2) is 6.10 Å². The van der Waals surface area contributed by atoms with Crippen molar-refractivity contribution >= 4 is 31.9 Å². The fourth-order valence-corrected chi connectivity index (χ4v) is 4.87. The molecule has 28 heavy (non-hydrogen) atoms. The summed E-state index contributed by atoms with van der Waals surface area (Å²) in [5, 5.41) is 0. The maximum atomic E-state index is 12.6. The van der Waals surface area contributed by atoms with E-state index >= 15 is 0 Å². The summed E-state index contributed by atoms with van der Waals surface area (Å²) >= 11 is 3.36. The first-order valence-corrected chi connectivity index (χ1v) is 11.5. The molecule has 2 aromatic rings. The number of piperazine rings is 1. The van der Waals surface area contributed by atoms with E-state index in [1.807, 2.05) is 30.3 Å². The van der Waals surface area contributed by atoms with E-state index in [1.165, 1.54) is 4.31 Å². The third-order valence-corrected chi connectivity index (χ3v) is 6.99. The quantitative estimate of drug-likeness (QED) is 0.656. The minimum Gasteiger partial charge on any atom is -0.481 e. The van der Waals surface area contributed by atoms with E-state index in [0.29, 0.717) is 31.9 Å². The summed E-state index contributed by atoms with van der Waals surface area (Å²) in [7, 11) is -3.40. The smallest absolute Gasteiger partial charge is 0.263 e. The van der Waals surface area contributed by atoms with Crippen LogP contribution in [0.25, 0.3) is 0 Å². The molecule has 0 aromatic heterocycles. The first kappa shape index (κ1) is 20.8. The van der Waals surface area contributed by atoms with Crippen LogP contribution in [0.2, 0.25) is 0 Å². The van der Waals surface area contributed by atoms with E-state index in [2.05, 4.69) is 15.9 Å². The summed E-state index contributed by atoms with van der Waals surface area (Å²) in [6, 6.07) is 16.4. The average Bonchev–Trinajstić information content (AvgIpc) is 2.69. The van der Waals surface area contributed by atoms with Crippen molar-refractivity contribution < 1.29 is 17.9 Å². The van der Waals surface area contributed by atoms with Crippen LogP contribution in [0.1, 0.15) is 12.5 Å². The number of rotatable bonds is 6. The van der Waals surface area contributed by atoms with Gasteiger partial charge in [0.2, 0.25) is 10.0 Å². The molecule has 8 heteroatoms. The number of amides is 1. The minimum atomic E-state index is -3.40. The highest BCUT2D eigenvalue weighted by molar-refractivity contribution is 9.10. The van der Waals surface area contributed by atoms with Gasteiger partial charge in [0.25, 0.3) is 5.91 Å². The molecular formula is C20H23BrN2O4S. The van der Waals surface area contributed by atoms with Gasteiger partial charge in [0.1, 0.15) is 5.75 Å². The van der Waals surface area contributed by atoms with Crippen LogP contribution in [0.5, 0.6) is 5.75 Å². The van der Waals surface area contributed by atoms with Gasteiger partial charge < -0.3 is 9.64 Å². The Morgan fingerprint density at radius 1 is 1.04 bits per heavy atom. The van der Waals surface area contributed by atoms with Crippen LogP contribution in [0.4, 0.5) is 0 Å². The Kier molecular flexibility index (Phi) is 6.74. The van der Waals surface area contributed by atoms with Crippen LogP contribution in [0.15, 0.2) is 59.1 Å². The third kappa shape index (κ3) is 5.33. The summed E-state index contributed by atoms with van der Waals surface area (Å²) in [6.45, 7) is 3.03. The number of halogens is 1. The van der Waals surface area contributed by atoms with Gasteiger partial charge in [-0.1, -0.05) is 46.3 Å². The number of benzene rings is 2. The van der Waals surface area contributed by atoms with E-state index in [-0.39, 0.29) is 11.7 Å². The highest BCUT2D eigenvalue weighted by Gasteiger charge is 2.31. The van der Waals surface area contributed by atoms with Gasteiger partial charge in [-0.2, -0.15) is 4.31 Å². The molecule has 2 aromatic carbocycles. The van der Waals surface area contributed by atoms with Crippen LogP contribution in [0.3, 0.4) is 0 Å². The monoisotopic (exact) mass is 466 g/mol. The van der Waals surface area contributed by atoms with Crippen LogP contribution in [0, 0.1) is 0 Å². The number of carbonyl (C=O) groups excluding carboxylic acids is 1. The first-order chi connectivity index (χ1) is 13.3.